The van der Waals surface area contributed by atoms with Gasteiger partial charge in [0.15, 0.2) is 6.23 Å². The Morgan fingerprint density at radius 3 is 2.12 bits per heavy atom. The lowest BCUT2D eigenvalue weighted by atomic mass is 9.86. The molecule has 2 nitrogen and oxygen atoms in total. The molecule has 0 radical (unpaired) electrons. The number of hydrogen-bond donors (Lipinski definition) is 0. The SMILES string of the molecule is c1ccc([C@H]2c3ccccc3OC3CCC[C@H](c4ccccc4)N32)cc1. The van der Waals surface area contributed by atoms with E-state index in [1.807, 2.05) is 0 Å². The van der Waals surface area contributed by atoms with Gasteiger partial charge < -0.3 is 4.74 Å². The molecule has 2 aliphatic heterocycles. The summed E-state index contributed by atoms with van der Waals surface area (Å²) in [5, 5.41) is 0. The fraction of sp³-hybridized carbons (Fsp3) is 0.250. The van der Waals surface area contributed by atoms with Crippen molar-refractivity contribution >= 4 is 0 Å². The molecule has 26 heavy (non-hydrogen) atoms. The van der Waals surface area contributed by atoms with Crippen LogP contribution in [0.4, 0.5) is 0 Å². The normalized spacial score (nSPS) is 25.0. The van der Waals surface area contributed by atoms with Crippen LogP contribution in [0.5, 0.6) is 5.75 Å². The van der Waals surface area contributed by atoms with Gasteiger partial charge in [-0.1, -0.05) is 78.9 Å². The predicted octanol–water partition coefficient (Wildman–Crippen LogP) is 5.72. The average Bonchev–Trinajstić information content (AvgIpc) is 2.73. The second kappa shape index (κ2) is 6.62. The van der Waals surface area contributed by atoms with E-state index >= 15 is 0 Å². The van der Waals surface area contributed by atoms with Gasteiger partial charge in [-0.05, 0) is 36.5 Å². The third kappa shape index (κ3) is 2.62. The predicted molar refractivity (Wildman–Crippen MR) is 104 cm³/mol. The van der Waals surface area contributed by atoms with Gasteiger partial charge >= 0.3 is 0 Å². The first-order chi connectivity index (χ1) is 12.9. The zero-order chi connectivity index (χ0) is 17.3. The van der Waals surface area contributed by atoms with Gasteiger partial charge in [0.2, 0.25) is 0 Å². The van der Waals surface area contributed by atoms with Gasteiger partial charge in [-0.2, -0.15) is 0 Å². The third-order valence-electron chi connectivity index (χ3n) is 5.70. The van der Waals surface area contributed by atoms with Crippen LogP contribution in [0.3, 0.4) is 0 Å². The monoisotopic (exact) mass is 341 g/mol. The van der Waals surface area contributed by atoms with Gasteiger partial charge in [-0.3, -0.25) is 4.90 Å². The molecule has 1 saturated heterocycles. The Bertz CT molecular complexity index is 877. The van der Waals surface area contributed by atoms with Crippen molar-refractivity contribution in [3.63, 3.8) is 0 Å². The molecule has 130 valence electrons. The molecule has 3 aromatic rings. The Morgan fingerprint density at radius 2 is 1.35 bits per heavy atom. The molecule has 0 N–H and O–H groups in total. The molecule has 3 atom stereocenters. The molecule has 1 unspecified atom stereocenters. The number of fused-ring (bicyclic) bond motifs is 2. The van der Waals surface area contributed by atoms with Gasteiger partial charge in [-0.15, -0.1) is 0 Å². The number of hydrogen-bond acceptors (Lipinski definition) is 2. The van der Waals surface area contributed by atoms with E-state index in [1.54, 1.807) is 0 Å². The maximum Gasteiger partial charge on any atom is 0.153 e. The molecule has 2 heterocycles. The second-order valence-corrected chi connectivity index (χ2v) is 7.23. The molecular formula is C24H23NO. The van der Waals surface area contributed by atoms with Crippen LogP contribution in [0.25, 0.3) is 0 Å². The van der Waals surface area contributed by atoms with Crippen LogP contribution >= 0.6 is 0 Å². The average molecular weight is 341 g/mol. The molecule has 2 heteroatoms. The Balaban J connectivity index is 1.66. The molecular weight excluding hydrogens is 318 g/mol. The van der Waals surface area contributed by atoms with Crippen LogP contribution < -0.4 is 4.74 Å². The highest BCUT2D eigenvalue weighted by molar-refractivity contribution is 5.44. The van der Waals surface area contributed by atoms with E-state index < -0.39 is 0 Å². The summed E-state index contributed by atoms with van der Waals surface area (Å²) in [4.78, 5) is 2.61. The molecule has 3 aromatic carbocycles. The van der Waals surface area contributed by atoms with E-state index in [9.17, 15) is 0 Å². The second-order valence-electron chi connectivity index (χ2n) is 7.23. The first-order valence-corrected chi connectivity index (χ1v) is 9.55. The molecule has 0 spiro atoms. The van der Waals surface area contributed by atoms with Gasteiger partial charge in [0.25, 0.3) is 0 Å². The lowest BCUT2D eigenvalue weighted by Gasteiger charge is -2.50. The van der Waals surface area contributed by atoms with Gasteiger partial charge in [0, 0.05) is 11.6 Å². The fourth-order valence-corrected chi connectivity index (χ4v) is 4.57. The molecule has 5 rings (SSSR count). The zero-order valence-electron chi connectivity index (χ0n) is 14.8. The summed E-state index contributed by atoms with van der Waals surface area (Å²) in [7, 11) is 0. The number of benzene rings is 3. The Morgan fingerprint density at radius 1 is 0.692 bits per heavy atom. The summed E-state index contributed by atoms with van der Waals surface area (Å²) in [5.74, 6) is 1.04. The van der Waals surface area contributed by atoms with E-state index in [1.165, 1.54) is 29.5 Å². The summed E-state index contributed by atoms with van der Waals surface area (Å²) in [6.45, 7) is 0. The van der Waals surface area contributed by atoms with Crippen molar-refractivity contribution < 1.29 is 4.74 Å². The zero-order valence-corrected chi connectivity index (χ0v) is 14.8. The van der Waals surface area contributed by atoms with E-state index in [0.29, 0.717) is 6.04 Å². The highest BCUT2D eigenvalue weighted by atomic mass is 16.5. The van der Waals surface area contributed by atoms with Crippen LogP contribution in [0.2, 0.25) is 0 Å². The fourth-order valence-electron chi connectivity index (χ4n) is 4.57. The standard InChI is InChI=1S/C24H23NO/c1-3-10-18(11-4-1)21-15-9-17-23-25(21)24(19-12-5-2-6-13-19)20-14-7-8-16-22(20)26-23/h1-8,10-14,16,21,23-24H,9,15,17H2/t21-,23?,24+/m1/s1. The van der Waals surface area contributed by atoms with E-state index in [2.05, 4.69) is 89.8 Å². The van der Waals surface area contributed by atoms with Crippen molar-refractivity contribution in [3.8, 4) is 5.75 Å². The quantitative estimate of drug-likeness (QED) is 0.591. The smallest absolute Gasteiger partial charge is 0.153 e. The molecule has 0 aliphatic carbocycles. The third-order valence-corrected chi connectivity index (χ3v) is 5.70. The Hall–Kier alpha value is -2.58. The Labute approximate surface area is 155 Å². The number of para-hydroxylation sites is 1. The maximum atomic E-state index is 6.47. The van der Waals surface area contributed by atoms with E-state index in [-0.39, 0.29) is 12.3 Å². The molecule has 0 bridgehead atoms. The summed E-state index contributed by atoms with van der Waals surface area (Å²) in [6, 6.07) is 31.0. The van der Waals surface area contributed by atoms with Gasteiger partial charge in [-0.25, -0.2) is 0 Å². The Kier molecular flexibility index (Phi) is 3.99. The minimum atomic E-state index is 0.133. The van der Waals surface area contributed by atoms with Crippen molar-refractivity contribution in [2.75, 3.05) is 0 Å². The van der Waals surface area contributed by atoms with Crippen LogP contribution in [0, 0.1) is 0 Å². The van der Waals surface area contributed by atoms with Crippen molar-refractivity contribution in [1.82, 2.24) is 4.90 Å². The van der Waals surface area contributed by atoms with Crippen molar-refractivity contribution in [1.29, 1.82) is 0 Å². The van der Waals surface area contributed by atoms with Gasteiger partial charge in [0.05, 0.1) is 6.04 Å². The number of piperidine rings is 1. The maximum absolute atomic E-state index is 6.47. The molecule has 2 aliphatic rings. The lowest BCUT2D eigenvalue weighted by Crippen LogP contribution is -2.50. The first kappa shape index (κ1) is 15.7. The number of nitrogens with zero attached hydrogens (tertiary/aromatic N) is 1. The van der Waals surface area contributed by atoms with Crippen molar-refractivity contribution in [3.05, 3.63) is 102 Å². The molecule has 0 amide bonds. The van der Waals surface area contributed by atoms with Crippen LogP contribution in [-0.2, 0) is 0 Å². The topological polar surface area (TPSA) is 12.5 Å². The molecule has 0 saturated carbocycles. The highest BCUT2D eigenvalue weighted by Crippen LogP contribution is 2.49. The summed E-state index contributed by atoms with van der Waals surface area (Å²) >= 11 is 0. The lowest BCUT2D eigenvalue weighted by molar-refractivity contribution is -0.0767. The van der Waals surface area contributed by atoms with E-state index in [0.717, 1.165) is 12.2 Å². The highest BCUT2D eigenvalue weighted by Gasteiger charge is 2.43. The molecule has 0 aromatic heterocycles. The van der Waals surface area contributed by atoms with E-state index in [4.69, 9.17) is 4.74 Å². The molecule has 1 fully saturated rings. The largest absolute Gasteiger partial charge is 0.475 e. The van der Waals surface area contributed by atoms with Crippen LogP contribution in [0.1, 0.15) is 48.0 Å². The first-order valence-electron chi connectivity index (χ1n) is 9.55. The summed E-state index contributed by atoms with van der Waals surface area (Å²) < 4.78 is 6.47. The van der Waals surface area contributed by atoms with Gasteiger partial charge in [0.1, 0.15) is 5.75 Å². The van der Waals surface area contributed by atoms with Crippen LogP contribution in [-0.4, -0.2) is 11.1 Å². The summed E-state index contributed by atoms with van der Waals surface area (Å²) in [5.41, 5.74) is 4.01. The summed E-state index contributed by atoms with van der Waals surface area (Å²) in [6.07, 6.45) is 3.59. The van der Waals surface area contributed by atoms with Crippen molar-refractivity contribution in [2.45, 2.75) is 37.6 Å². The van der Waals surface area contributed by atoms with Crippen LogP contribution in [0.15, 0.2) is 84.9 Å². The minimum absolute atomic E-state index is 0.133. The minimum Gasteiger partial charge on any atom is -0.475 e. The number of rotatable bonds is 2. The number of ether oxygens (including phenoxy) is 1. The van der Waals surface area contributed by atoms with Crippen molar-refractivity contribution in [2.24, 2.45) is 0 Å².